The number of methoxy groups -OCH3 is 1. The minimum atomic E-state index is -0.663. The van der Waals surface area contributed by atoms with Crippen LogP contribution in [0.25, 0.3) is 0 Å². The summed E-state index contributed by atoms with van der Waals surface area (Å²) in [5.41, 5.74) is 6.02. The second kappa shape index (κ2) is 4.81. The lowest BCUT2D eigenvalue weighted by atomic mass is 9.78. The van der Waals surface area contributed by atoms with Gasteiger partial charge in [0.05, 0.1) is 18.2 Å². The Hall–Kier alpha value is -2.04. The molecule has 1 heterocycles. The number of imide groups is 1. The summed E-state index contributed by atoms with van der Waals surface area (Å²) >= 11 is 0. The van der Waals surface area contributed by atoms with Gasteiger partial charge in [0.15, 0.2) is 0 Å². The van der Waals surface area contributed by atoms with Crippen molar-refractivity contribution in [2.24, 2.45) is 11.3 Å². The van der Waals surface area contributed by atoms with Crippen LogP contribution in [0.3, 0.4) is 0 Å². The molecule has 2 N–H and O–H groups in total. The number of amides is 2. The van der Waals surface area contributed by atoms with Crippen molar-refractivity contribution in [1.82, 2.24) is 0 Å². The summed E-state index contributed by atoms with van der Waals surface area (Å²) in [6.45, 7) is 5.74. The largest absolute Gasteiger partial charge is 0.494 e. The van der Waals surface area contributed by atoms with Gasteiger partial charge in [-0.2, -0.15) is 0 Å². The Balaban J connectivity index is 2.49. The van der Waals surface area contributed by atoms with Gasteiger partial charge in [0.1, 0.15) is 5.75 Å². The van der Waals surface area contributed by atoms with E-state index in [2.05, 4.69) is 0 Å². The highest BCUT2D eigenvalue weighted by atomic mass is 16.5. The first kappa shape index (κ1) is 14.4. The number of nitrogen functional groups attached to an aromatic ring is 1. The summed E-state index contributed by atoms with van der Waals surface area (Å²) in [7, 11) is 1.49. The van der Waals surface area contributed by atoms with E-state index in [1.54, 1.807) is 18.2 Å². The summed E-state index contributed by atoms with van der Waals surface area (Å²) in [6, 6.07) is 4.92. The third-order valence-electron chi connectivity index (χ3n) is 4.18. The number of carbonyl (C=O) groups is 2. The number of rotatable bonds is 3. The summed E-state index contributed by atoms with van der Waals surface area (Å²) < 4.78 is 5.24. The zero-order valence-corrected chi connectivity index (χ0v) is 12.3. The van der Waals surface area contributed by atoms with E-state index in [0.717, 1.165) is 0 Å². The van der Waals surface area contributed by atoms with Gasteiger partial charge in [-0.1, -0.05) is 13.8 Å². The highest BCUT2D eigenvalue weighted by Crippen LogP contribution is 2.43. The maximum atomic E-state index is 12.7. The number of hydrogen-bond donors (Lipinski definition) is 1. The molecule has 2 amide bonds. The van der Waals surface area contributed by atoms with E-state index in [1.165, 1.54) is 12.0 Å². The van der Waals surface area contributed by atoms with E-state index in [1.807, 2.05) is 20.8 Å². The highest BCUT2D eigenvalue weighted by molar-refractivity contribution is 6.23. The van der Waals surface area contributed by atoms with Crippen LogP contribution in [0.1, 0.15) is 27.2 Å². The number of ether oxygens (including phenoxy) is 1. The molecule has 20 heavy (non-hydrogen) atoms. The molecule has 0 aliphatic carbocycles. The molecule has 0 aromatic heterocycles. The van der Waals surface area contributed by atoms with Crippen molar-refractivity contribution in [2.45, 2.75) is 27.2 Å². The smallest absolute Gasteiger partial charge is 0.240 e. The van der Waals surface area contributed by atoms with Gasteiger partial charge in [-0.25, -0.2) is 4.90 Å². The van der Waals surface area contributed by atoms with Crippen LogP contribution in [0, 0.1) is 11.3 Å². The van der Waals surface area contributed by atoms with Crippen molar-refractivity contribution in [2.75, 3.05) is 17.7 Å². The van der Waals surface area contributed by atoms with Gasteiger partial charge in [0.2, 0.25) is 11.8 Å². The fourth-order valence-corrected chi connectivity index (χ4v) is 2.41. The normalized spacial score (nSPS) is 22.8. The third kappa shape index (κ3) is 2.03. The monoisotopic (exact) mass is 276 g/mol. The number of hydrogen-bond acceptors (Lipinski definition) is 4. The molecule has 0 spiro atoms. The van der Waals surface area contributed by atoms with E-state index in [0.29, 0.717) is 17.1 Å². The zero-order valence-electron chi connectivity index (χ0n) is 12.3. The minimum absolute atomic E-state index is 0.0868. The average molecular weight is 276 g/mol. The van der Waals surface area contributed by atoms with E-state index in [9.17, 15) is 9.59 Å². The second-order valence-electron chi connectivity index (χ2n) is 5.71. The lowest BCUT2D eigenvalue weighted by molar-refractivity contribution is -0.126. The molecule has 1 fully saturated rings. The molecule has 108 valence electrons. The predicted molar refractivity (Wildman–Crippen MR) is 77.5 cm³/mol. The fourth-order valence-electron chi connectivity index (χ4n) is 2.41. The van der Waals surface area contributed by atoms with Crippen LogP contribution in [0.15, 0.2) is 18.2 Å². The van der Waals surface area contributed by atoms with Crippen molar-refractivity contribution < 1.29 is 14.3 Å². The quantitative estimate of drug-likeness (QED) is 0.678. The van der Waals surface area contributed by atoms with Crippen LogP contribution in [0.5, 0.6) is 5.75 Å². The lowest BCUT2D eigenvalue weighted by Crippen LogP contribution is -2.37. The summed E-state index contributed by atoms with van der Waals surface area (Å²) in [5, 5.41) is 0. The van der Waals surface area contributed by atoms with E-state index in [4.69, 9.17) is 10.5 Å². The van der Waals surface area contributed by atoms with Crippen LogP contribution in [-0.2, 0) is 9.59 Å². The van der Waals surface area contributed by atoms with Crippen molar-refractivity contribution in [3.63, 3.8) is 0 Å². The Morgan fingerprint density at radius 2 is 2.00 bits per heavy atom. The molecule has 1 aliphatic heterocycles. The molecule has 1 aromatic carbocycles. The molecular formula is C15H20N2O3. The van der Waals surface area contributed by atoms with Gasteiger partial charge < -0.3 is 10.5 Å². The Morgan fingerprint density at radius 1 is 1.35 bits per heavy atom. The Morgan fingerprint density at radius 3 is 2.50 bits per heavy atom. The first-order chi connectivity index (χ1) is 9.31. The number of anilines is 2. The zero-order chi connectivity index (χ0) is 15.1. The fraction of sp³-hybridized carbons (Fsp3) is 0.467. The van der Waals surface area contributed by atoms with Gasteiger partial charge >= 0.3 is 0 Å². The number of carbonyl (C=O) groups excluding carboxylic acids is 2. The second-order valence-corrected chi connectivity index (χ2v) is 5.71. The minimum Gasteiger partial charge on any atom is -0.494 e. The van der Waals surface area contributed by atoms with Crippen LogP contribution in [-0.4, -0.2) is 18.9 Å². The first-order valence-electron chi connectivity index (χ1n) is 6.62. The molecular weight excluding hydrogens is 256 g/mol. The average Bonchev–Trinajstić information content (AvgIpc) is 2.62. The van der Waals surface area contributed by atoms with Gasteiger partial charge in [0, 0.05) is 18.2 Å². The van der Waals surface area contributed by atoms with Crippen molar-refractivity contribution in [3.05, 3.63) is 18.2 Å². The molecule has 1 aromatic rings. The van der Waals surface area contributed by atoms with Crippen LogP contribution >= 0.6 is 0 Å². The molecule has 1 atom stereocenters. The van der Waals surface area contributed by atoms with Crippen LogP contribution in [0.4, 0.5) is 11.4 Å². The summed E-state index contributed by atoms with van der Waals surface area (Å²) in [5.74, 6) is 0.137. The number of benzene rings is 1. The topological polar surface area (TPSA) is 72.6 Å². The summed E-state index contributed by atoms with van der Waals surface area (Å²) in [4.78, 5) is 26.1. The van der Waals surface area contributed by atoms with E-state index >= 15 is 0 Å². The Kier molecular flexibility index (Phi) is 3.46. The molecule has 0 bridgehead atoms. The van der Waals surface area contributed by atoms with Gasteiger partial charge in [-0.3, -0.25) is 9.59 Å². The molecule has 0 saturated carbocycles. The third-order valence-corrected chi connectivity index (χ3v) is 4.18. The van der Waals surface area contributed by atoms with Crippen LogP contribution < -0.4 is 15.4 Å². The summed E-state index contributed by atoms with van der Waals surface area (Å²) in [6.07, 6.45) is 0.219. The maximum absolute atomic E-state index is 12.7. The molecule has 1 saturated heterocycles. The number of nitrogens with two attached hydrogens (primary N) is 1. The predicted octanol–water partition coefficient (Wildman–Crippen LogP) is 2.20. The van der Waals surface area contributed by atoms with Crippen molar-refractivity contribution >= 4 is 23.2 Å². The SMILES string of the molecule is COc1cc(N)ccc1N1C(=O)CC(C)(C(C)C)C1=O. The number of nitrogens with zero attached hydrogens (tertiary/aromatic N) is 1. The van der Waals surface area contributed by atoms with E-state index < -0.39 is 5.41 Å². The van der Waals surface area contributed by atoms with Gasteiger partial charge in [-0.05, 0) is 25.0 Å². The highest BCUT2D eigenvalue weighted by Gasteiger charge is 2.51. The molecule has 1 aliphatic rings. The first-order valence-corrected chi connectivity index (χ1v) is 6.62. The van der Waals surface area contributed by atoms with E-state index in [-0.39, 0.29) is 24.2 Å². The molecule has 2 rings (SSSR count). The Bertz CT molecular complexity index is 568. The van der Waals surface area contributed by atoms with Crippen LogP contribution in [0.2, 0.25) is 0 Å². The standard InChI is InChI=1S/C15H20N2O3/c1-9(2)15(3)8-13(18)17(14(15)19)11-6-5-10(16)7-12(11)20-4/h5-7,9H,8,16H2,1-4H3. The van der Waals surface area contributed by atoms with Crippen molar-refractivity contribution in [1.29, 1.82) is 0 Å². The molecule has 0 radical (unpaired) electrons. The van der Waals surface area contributed by atoms with Gasteiger partial charge in [0.25, 0.3) is 0 Å². The molecule has 1 unspecified atom stereocenters. The van der Waals surface area contributed by atoms with Crippen molar-refractivity contribution in [3.8, 4) is 5.75 Å². The lowest BCUT2D eigenvalue weighted by Gasteiger charge is -2.26. The molecule has 5 heteroatoms. The van der Waals surface area contributed by atoms with Gasteiger partial charge in [-0.15, -0.1) is 0 Å². The Labute approximate surface area is 118 Å². The molecule has 5 nitrogen and oxygen atoms in total. The maximum Gasteiger partial charge on any atom is 0.240 e.